The van der Waals surface area contributed by atoms with Crippen LogP contribution in [0.3, 0.4) is 0 Å². The van der Waals surface area contributed by atoms with Crippen LogP contribution in [-0.4, -0.2) is 26.7 Å². The molecule has 7 heteroatoms. The van der Waals surface area contributed by atoms with Crippen molar-refractivity contribution in [3.8, 4) is 0 Å². The number of hydrogen-bond acceptors (Lipinski definition) is 3. The van der Waals surface area contributed by atoms with E-state index in [-0.39, 0.29) is 12.1 Å². The van der Waals surface area contributed by atoms with E-state index in [1.807, 2.05) is 6.07 Å². The lowest BCUT2D eigenvalue weighted by Crippen LogP contribution is -2.42. The van der Waals surface area contributed by atoms with Crippen molar-refractivity contribution in [3.05, 3.63) is 29.8 Å². The van der Waals surface area contributed by atoms with Crippen LogP contribution in [0.4, 0.5) is 10.5 Å². The Kier molecular flexibility index (Phi) is 5.65. The first-order valence-electron chi connectivity index (χ1n) is 7.53. The molecule has 3 N–H and O–H groups in total. The fourth-order valence-corrected chi connectivity index (χ4v) is 3.18. The van der Waals surface area contributed by atoms with Crippen molar-refractivity contribution in [2.24, 2.45) is 0 Å². The van der Waals surface area contributed by atoms with Gasteiger partial charge < -0.3 is 10.6 Å². The predicted octanol–water partition coefficient (Wildman–Crippen LogP) is 2.19. The number of sulfonamides is 1. The molecule has 1 aromatic carbocycles. The molecule has 0 radical (unpaired) electrons. The second-order valence-corrected chi connectivity index (χ2v) is 7.49. The van der Waals surface area contributed by atoms with E-state index in [2.05, 4.69) is 15.4 Å². The van der Waals surface area contributed by atoms with Gasteiger partial charge in [-0.2, -0.15) is 0 Å². The van der Waals surface area contributed by atoms with Crippen molar-refractivity contribution in [2.45, 2.75) is 44.7 Å². The number of nitrogens with one attached hydrogen (secondary N) is 3. The monoisotopic (exact) mass is 325 g/mol. The van der Waals surface area contributed by atoms with Gasteiger partial charge in [-0.1, -0.05) is 31.4 Å². The number of carbonyl (C=O) groups is 1. The van der Waals surface area contributed by atoms with Gasteiger partial charge in [0.2, 0.25) is 10.0 Å². The van der Waals surface area contributed by atoms with E-state index in [4.69, 9.17) is 0 Å². The molecule has 1 aromatic rings. The lowest BCUT2D eigenvalue weighted by molar-refractivity contribution is 0.232. The van der Waals surface area contributed by atoms with Crippen molar-refractivity contribution in [1.29, 1.82) is 0 Å². The molecule has 1 aliphatic rings. The van der Waals surface area contributed by atoms with E-state index in [0.717, 1.165) is 24.7 Å². The van der Waals surface area contributed by atoms with E-state index >= 15 is 0 Å². The maximum absolute atomic E-state index is 11.9. The number of benzene rings is 1. The minimum Gasteiger partial charge on any atom is -0.335 e. The lowest BCUT2D eigenvalue weighted by atomic mass is 9.96. The van der Waals surface area contributed by atoms with Crippen molar-refractivity contribution >= 4 is 21.7 Å². The van der Waals surface area contributed by atoms with Gasteiger partial charge >= 0.3 is 6.03 Å². The molecule has 0 aromatic heterocycles. The molecule has 0 spiro atoms. The number of rotatable bonds is 5. The topological polar surface area (TPSA) is 87.3 Å². The van der Waals surface area contributed by atoms with Gasteiger partial charge in [-0.15, -0.1) is 0 Å². The summed E-state index contributed by atoms with van der Waals surface area (Å²) in [4.78, 5) is 11.9. The Morgan fingerprint density at radius 3 is 2.64 bits per heavy atom. The Labute approximate surface area is 131 Å². The molecule has 6 nitrogen and oxygen atoms in total. The summed E-state index contributed by atoms with van der Waals surface area (Å²) in [6.45, 7) is 0.359. The molecule has 1 aliphatic carbocycles. The zero-order chi connectivity index (χ0) is 16.0. The van der Waals surface area contributed by atoms with Crippen LogP contribution in [0.2, 0.25) is 0 Å². The number of urea groups is 1. The van der Waals surface area contributed by atoms with Gasteiger partial charge in [0.15, 0.2) is 0 Å². The molecule has 0 heterocycles. The average molecular weight is 325 g/mol. The Bertz CT molecular complexity index is 610. The zero-order valence-electron chi connectivity index (χ0n) is 12.8. The van der Waals surface area contributed by atoms with Gasteiger partial charge in [0.1, 0.15) is 0 Å². The van der Waals surface area contributed by atoms with Crippen LogP contribution in [0.15, 0.2) is 24.3 Å². The highest BCUT2D eigenvalue weighted by Crippen LogP contribution is 2.17. The van der Waals surface area contributed by atoms with E-state index < -0.39 is 10.0 Å². The number of anilines is 1. The molecule has 2 amide bonds. The second kappa shape index (κ2) is 7.49. The zero-order valence-corrected chi connectivity index (χ0v) is 13.6. The molecule has 122 valence electrons. The molecule has 0 saturated heterocycles. The highest BCUT2D eigenvalue weighted by atomic mass is 32.2. The summed E-state index contributed by atoms with van der Waals surface area (Å²) in [6, 6.07) is 7.08. The van der Waals surface area contributed by atoms with Crippen LogP contribution < -0.4 is 15.4 Å². The number of amides is 2. The fraction of sp³-hybridized carbons (Fsp3) is 0.533. The maximum Gasteiger partial charge on any atom is 0.315 e. The minimum atomic E-state index is -3.29. The normalized spacial score (nSPS) is 16.0. The molecule has 0 atom stereocenters. The van der Waals surface area contributed by atoms with Crippen LogP contribution in [0.1, 0.15) is 37.7 Å². The Morgan fingerprint density at radius 1 is 1.23 bits per heavy atom. The van der Waals surface area contributed by atoms with E-state index in [9.17, 15) is 13.2 Å². The van der Waals surface area contributed by atoms with Gasteiger partial charge in [-0.05, 0) is 30.5 Å². The quantitative estimate of drug-likeness (QED) is 0.775. The van der Waals surface area contributed by atoms with Gasteiger partial charge in [-0.25, -0.2) is 13.2 Å². The summed E-state index contributed by atoms with van der Waals surface area (Å²) < 4.78 is 24.8. The molecule has 0 aliphatic heterocycles. The maximum atomic E-state index is 11.9. The summed E-state index contributed by atoms with van der Waals surface area (Å²) >= 11 is 0. The third-order valence-electron chi connectivity index (χ3n) is 3.62. The molecule has 1 saturated carbocycles. The van der Waals surface area contributed by atoms with Crippen molar-refractivity contribution in [2.75, 3.05) is 11.0 Å². The summed E-state index contributed by atoms with van der Waals surface area (Å²) in [5.74, 6) is 0. The molecule has 1 fully saturated rings. The standard InChI is InChI=1S/C15H23N3O3S/c1-22(20,21)18-14-9-5-6-12(10-14)11-16-15(19)17-13-7-3-2-4-8-13/h5-6,9-10,13,18H,2-4,7-8,11H2,1H3,(H2,16,17,19). The molecule has 2 rings (SSSR count). The predicted molar refractivity (Wildman–Crippen MR) is 87.2 cm³/mol. The third kappa shape index (κ3) is 5.93. The Hall–Kier alpha value is -1.76. The largest absolute Gasteiger partial charge is 0.335 e. The highest BCUT2D eigenvalue weighted by molar-refractivity contribution is 7.92. The smallest absolute Gasteiger partial charge is 0.315 e. The summed E-state index contributed by atoms with van der Waals surface area (Å²) in [5.41, 5.74) is 1.34. The second-order valence-electron chi connectivity index (χ2n) is 5.74. The fourth-order valence-electron chi connectivity index (χ4n) is 2.62. The first-order valence-corrected chi connectivity index (χ1v) is 9.42. The highest BCUT2D eigenvalue weighted by Gasteiger charge is 2.15. The van der Waals surface area contributed by atoms with Crippen molar-refractivity contribution in [3.63, 3.8) is 0 Å². The average Bonchev–Trinajstić information content (AvgIpc) is 2.45. The van der Waals surface area contributed by atoms with E-state index in [1.165, 1.54) is 19.3 Å². The van der Waals surface area contributed by atoms with Crippen LogP contribution in [0.5, 0.6) is 0 Å². The third-order valence-corrected chi connectivity index (χ3v) is 4.23. The molecule has 0 unspecified atom stereocenters. The van der Waals surface area contributed by atoms with E-state index in [0.29, 0.717) is 12.2 Å². The number of carbonyl (C=O) groups excluding carboxylic acids is 1. The van der Waals surface area contributed by atoms with Gasteiger partial charge in [0.25, 0.3) is 0 Å². The lowest BCUT2D eigenvalue weighted by Gasteiger charge is -2.22. The molecular formula is C15H23N3O3S. The van der Waals surface area contributed by atoms with Gasteiger partial charge in [0.05, 0.1) is 6.26 Å². The minimum absolute atomic E-state index is 0.173. The number of hydrogen-bond donors (Lipinski definition) is 3. The molecule has 22 heavy (non-hydrogen) atoms. The first kappa shape index (κ1) is 16.6. The van der Waals surface area contributed by atoms with Crippen LogP contribution in [0, 0.1) is 0 Å². The van der Waals surface area contributed by atoms with Crippen molar-refractivity contribution < 1.29 is 13.2 Å². The van der Waals surface area contributed by atoms with Crippen LogP contribution in [-0.2, 0) is 16.6 Å². The molecular weight excluding hydrogens is 302 g/mol. The van der Waals surface area contributed by atoms with Gasteiger partial charge in [0, 0.05) is 18.3 Å². The Morgan fingerprint density at radius 2 is 1.95 bits per heavy atom. The van der Waals surface area contributed by atoms with Crippen LogP contribution >= 0.6 is 0 Å². The SMILES string of the molecule is CS(=O)(=O)Nc1cccc(CNC(=O)NC2CCCCC2)c1. The van der Waals surface area contributed by atoms with Crippen LogP contribution in [0.25, 0.3) is 0 Å². The Balaban J connectivity index is 1.83. The summed E-state index contributed by atoms with van der Waals surface area (Å²) in [7, 11) is -3.29. The van der Waals surface area contributed by atoms with Gasteiger partial charge in [-0.3, -0.25) is 4.72 Å². The summed E-state index contributed by atoms with van der Waals surface area (Å²) in [6.07, 6.45) is 6.78. The first-order chi connectivity index (χ1) is 10.4. The molecule has 0 bridgehead atoms. The summed E-state index contributed by atoms with van der Waals surface area (Å²) in [5, 5.41) is 5.79. The van der Waals surface area contributed by atoms with E-state index in [1.54, 1.807) is 18.2 Å². The van der Waals surface area contributed by atoms with Crippen molar-refractivity contribution in [1.82, 2.24) is 10.6 Å².